The molecule has 5 heteroatoms. The Labute approximate surface area is 157 Å². The molecule has 2 aromatic carbocycles. The second kappa shape index (κ2) is 6.12. The number of hydrogen-bond acceptors (Lipinski definition) is 3. The summed E-state index contributed by atoms with van der Waals surface area (Å²) in [5.41, 5.74) is 1.66. The van der Waals surface area contributed by atoms with E-state index in [4.69, 9.17) is 4.42 Å². The molecule has 0 N–H and O–H groups in total. The third-order valence-electron chi connectivity index (χ3n) is 5.83. The Balaban J connectivity index is 1.42. The number of benzene rings is 2. The van der Waals surface area contributed by atoms with E-state index in [1.54, 1.807) is 0 Å². The van der Waals surface area contributed by atoms with Gasteiger partial charge in [0.25, 0.3) is 5.91 Å². The highest BCUT2D eigenvalue weighted by Crippen LogP contribution is 2.33. The van der Waals surface area contributed by atoms with Crippen molar-refractivity contribution >= 4 is 33.6 Å². The van der Waals surface area contributed by atoms with Crippen molar-refractivity contribution in [2.45, 2.75) is 19.8 Å². The molecule has 2 fully saturated rings. The number of nitrogens with zero attached hydrogens (tertiary/aromatic N) is 2. The molecule has 0 unspecified atom stereocenters. The van der Waals surface area contributed by atoms with Crippen molar-refractivity contribution < 1.29 is 14.0 Å². The van der Waals surface area contributed by atoms with Gasteiger partial charge in [-0.1, -0.05) is 36.4 Å². The van der Waals surface area contributed by atoms with Crippen molar-refractivity contribution in [2.75, 3.05) is 26.2 Å². The van der Waals surface area contributed by atoms with Crippen molar-refractivity contribution in [3.63, 3.8) is 0 Å². The average Bonchev–Trinajstić information content (AvgIpc) is 3.50. The van der Waals surface area contributed by atoms with Gasteiger partial charge in [-0.2, -0.15) is 0 Å². The molecule has 3 aromatic rings. The fraction of sp³-hybridized carbons (Fsp3) is 0.364. The molecule has 27 heavy (non-hydrogen) atoms. The Kier molecular flexibility index (Phi) is 3.71. The number of aryl methyl sites for hydroxylation is 1. The van der Waals surface area contributed by atoms with E-state index in [9.17, 15) is 9.59 Å². The van der Waals surface area contributed by atoms with E-state index in [-0.39, 0.29) is 17.7 Å². The number of hydrogen-bond donors (Lipinski definition) is 0. The van der Waals surface area contributed by atoms with Crippen molar-refractivity contribution in [3.8, 4) is 0 Å². The standard InChI is InChI=1S/C22H22N2O3/c1-14-17-9-8-15-4-2-3-5-18(15)20(17)27-19(14)22(26)24-12-10-23(11-13-24)21(25)16-6-7-16/h2-5,8-9,16H,6-7,10-13H2,1H3. The molecule has 0 bridgehead atoms. The van der Waals surface area contributed by atoms with Gasteiger partial charge in [-0.15, -0.1) is 0 Å². The van der Waals surface area contributed by atoms with Gasteiger partial charge < -0.3 is 14.2 Å². The Morgan fingerprint density at radius 3 is 2.37 bits per heavy atom. The maximum atomic E-state index is 13.1. The van der Waals surface area contributed by atoms with Gasteiger partial charge in [0.2, 0.25) is 5.91 Å². The van der Waals surface area contributed by atoms with E-state index in [1.165, 1.54) is 0 Å². The van der Waals surface area contributed by atoms with Gasteiger partial charge in [-0.3, -0.25) is 9.59 Å². The SMILES string of the molecule is Cc1c(C(=O)N2CCN(C(=O)C3CC3)CC2)oc2c1ccc1ccccc12. The van der Waals surface area contributed by atoms with Crippen LogP contribution in [0.4, 0.5) is 0 Å². The van der Waals surface area contributed by atoms with E-state index >= 15 is 0 Å². The Morgan fingerprint density at radius 2 is 1.63 bits per heavy atom. The van der Waals surface area contributed by atoms with Gasteiger partial charge in [-0.25, -0.2) is 0 Å². The maximum Gasteiger partial charge on any atom is 0.290 e. The molecule has 1 saturated carbocycles. The maximum absolute atomic E-state index is 13.1. The van der Waals surface area contributed by atoms with Crippen LogP contribution in [0.5, 0.6) is 0 Å². The number of rotatable bonds is 2. The lowest BCUT2D eigenvalue weighted by Gasteiger charge is -2.34. The van der Waals surface area contributed by atoms with Crippen LogP contribution < -0.4 is 0 Å². The number of carbonyl (C=O) groups excluding carboxylic acids is 2. The van der Waals surface area contributed by atoms with Gasteiger partial charge >= 0.3 is 0 Å². The first-order chi connectivity index (χ1) is 13.1. The normalized spacial score (nSPS) is 17.7. The molecule has 0 atom stereocenters. The highest BCUT2D eigenvalue weighted by molar-refractivity contribution is 6.08. The lowest BCUT2D eigenvalue weighted by molar-refractivity contribution is -0.134. The minimum Gasteiger partial charge on any atom is -0.450 e. The fourth-order valence-electron chi connectivity index (χ4n) is 4.02. The summed E-state index contributed by atoms with van der Waals surface area (Å²) >= 11 is 0. The van der Waals surface area contributed by atoms with Gasteiger partial charge in [0.05, 0.1) is 0 Å². The highest BCUT2D eigenvalue weighted by atomic mass is 16.3. The summed E-state index contributed by atoms with van der Waals surface area (Å²) in [4.78, 5) is 29.0. The van der Waals surface area contributed by atoms with Gasteiger partial charge in [0.15, 0.2) is 5.76 Å². The first kappa shape index (κ1) is 16.4. The molecular weight excluding hydrogens is 340 g/mol. The van der Waals surface area contributed by atoms with Crippen LogP contribution in [-0.2, 0) is 4.79 Å². The monoisotopic (exact) mass is 362 g/mol. The molecule has 1 aromatic heterocycles. The molecule has 1 saturated heterocycles. The van der Waals surface area contributed by atoms with Crippen molar-refractivity contribution in [1.82, 2.24) is 9.80 Å². The highest BCUT2D eigenvalue weighted by Gasteiger charge is 2.35. The number of carbonyl (C=O) groups is 2. The van der Waals surface area contributed by atoms with E-state index in [0.29, 0.717) is 31.9 Å². The summed E-state index contributed by atoms with van der Waals surface area (Å²) in [6.45, 7) is 4.30. The summed E-state index contributed by atoms with van der Waals surface area (Å²) in [6.07, 6.45) is 2.04. The zero-order valence-electron chi connectivity index (χ0n) is 15.4. The first-order valence-corrected chi connectivity index (χ1v) is 9.62. The molecular formula is C22H22N2O3. The summed E-state index contributed by atoms with van der Waals surface area (Å²) in [6, 6.07) is 12.1. The van der Waals surface area contributed by atoms with E-state index in [1.807, 2.05) is 47.1 Å². The van der Waals surface area contributed by atoms with Crippen molar-refractivity contribution in [2.24, 2.45) is 5.92 Å². The second-order valence-electron chi connectivity index (χ2n) is 7.61. The minimum atomic E-state index is -0.0775. The van der Waals surface area contributed by atoms with Gasteiger partial charge in [-0.05, 0) is 25.2 Å². The van der Waals surface area contributed by atoms with Crippen LogP contribution >= 0.6 is 0 Å². The zero-order chi connectivity index (χ0) is 18.5. The van der Waals surface area contributed by atoms with E-state index in [0.717, 1.165) is 40.1 Å². The van der Waals surface area contributed by atoms with E-state index in [2.05, 4.69) is 6.07 Å². The Morgan fingerprint density at radius 1 is 0.926 bits per heavy atom. The summed E-state index contributed by atoms with van der Waals surface area (Å²) < 4.78 is 6.08. The third-order valence-corrected chi connectivity index (χ3v) is 5.83. The number of fused-ring (bicyclic) bond motifs is 3. The fourth-order valence-corrected chi connectivity index (χ4v) is 4.02. The smallest absolute Gasteiger partial charge is 0.290 e. The molecule has 2 amide bonds. The summed E-state index contributed by atoms with van der Waals surface area (Å²) in [5, 5.41) is 3.11. The predicted molar refractivity (Wildman–Crippen MR) is 104 cm³/mol. The van der Waals surface area contributed by atoms with Crippen LogP contribution in [0.25, 0.3) is 21.7 Å². The number of piperazine rings is 1. The van der Waals surface area contributed by atoms with Crippen molar-refractivity contribution in [1.29, 1.82) is 0 Å². The Hall–Kier alpha value is -2.82. The quantitative estimate of drug-likeness (QED) is 0.700. The first-order valence-electron chi connectivity index (χ1n) is 9.62. The van der Waals surface area contributed by atoms with Gasteiger partial charge in [0.1, 0.15) is 5.58 Å². The summed E-state index contributed by atoms with van der Waals surface area (Å²) in [5.74, 6) is 0.835. The predicted octanol–water partition coefficient (Wildman–Crippen LogP) is 3.59. The number of amides is 2. The molecule has 5 nitrogen and oxygen atoms in total. The van der Waals surface area contributed by atoms with E-state index < -0.39 is 0 Å². The van der Waals surface area contributed by atoms with Crippen LogP contribution in [-0.4, -0.2) is 47.8 Å². The third kappa shape index (κ3) is 2.69. The molecule has 5 rings (SSSR count). The molecule has 2 aliphatic rings. The molecule has 2 heterocycles. The lowest BCUT2D eigenvalue weighted by atomic mass is 10.1. The second-order valence-corrected chi connectivity index (χ2v) is 7.61. The average molecular weight is 362 g/mol. The molecule has 1 aliphatic carbocycles. The van der Waals surface area contributed by atoms with Crippen LogP contribution in [0.1, 0.15) is 29.0 Å². The van der Waals surface area contributed by atoms with Crippen LogP contribution in [0.3, 0.4) is 0 Å². The minimum absolute atomic E-state index is 0.0775. The van der Waals surface area contributed by atoms with Crippen LogP contribution in [0.15, 0.2) is 40.8 Å². The summed E-state index contributed by atoms with van der Waals surface area (Å²) in [7, 11) is 0. The zero-order valence-corrected chi connectivity index (χ0v) is 15.4. The van der Waals surface area contributed by atoms with Gasteiger partial charge in [0, 0.05) is 48.4 Å². The molecule has 0 radical (unpaired) electrons. The molecule has 1 aliphatic heterocycles. The number of furan rings is 1. The lowest BCUT2D eigenvalue weighted by Crippen LogP contribution is -2.51. The van der Waals surface area contributed by atoms with Crippen LogP contribution in [0.2, 0.25) is 0 Å². The molecule has 0 spiro atoms. The van der Waals surface area contributed by atoms with Crippen molar-refractivity contribution in [3.05, 3.63) is 47.7 Å². The Bertz CT molecular complexity index is 1060. The van der Waals surface area contributed by atoms with Crippen LogP contribution in [0, 0.1) is 12.8 Å². The topological polar surface area (TPSA) is 53.8 Å². The largest absolute Gasteiger partial charge is 0.450 e. The molecule has 138 valence electrons.